The predicted octanol–water partition coefficient (Wildman–Crippen LogP) is 2.59. The number of aliphatic hydroxyl groups excluding tert-OH is 1. The van der Waals surface area contributed by atoms with Gasteiger partial charge >= 0.3 is 5.97 Å². The van der Waals surface area contributed by atoms with E-state index >= 15 is 0 Å². The fourth-order valence-electron chi connectivity index (χ4n) is 3.06. The van der Waals surface area contributed by atoms with E-state index in [1.54, 1.807) is 18.7 Å². The number of thioether (sulfide) groups is 1. The van der Waals surface area contributed by atoms with E-state index < -0.39 is 24.1 Å². The molecule has 0 bridgehead atoms. The average molecular weight is 314 g/mol. The molecule has 0 radical (unpaired) electrons. The zero-order valence-corrected chi connectivity index (χ0v) is 14.2. The number of hydrogen-bond donors (Lipinski definition) is 1. The zero-order chi connectivity index (χ0) is 16.2. The number of ketones is 1. The molecule has 5 heteroatoms. The number of hydrogen-bond acceptors (Lipinski definition) is 5. The number of ether oxygens (including phenoxy) is 1. The normalized spacial score (nSPS) is 29.2. The van der Waals surface area contributed by atoms with Crippen molar-refractivity contribution >= 4 is 23.5 Å². The first-order valence-electron chi connectivity index (χ1n) is 7.33. The Morgan fingerprint density at radius 2 is 2.10 bits per heavy atom. The van der Waals surface area contributed by atoms with Gasteiger partial charge in [0.15, 0.2) is 5.78 Å². The predicted molar refractivity (Wildman–Crippen MR) is 85.2 cm³/mol. The van der Waals surface area contributed by atoms with Gasteiger partial charge in [-0.05, 0) is 38.4 Å². The summed E-state index contributed by atoms with van der Waals surface area (Å²) in [5, 5.41) is 9.65. The lowest BCUT2D eigenvalue weighted by molar-refractivity contribution is -0.177. The van der Waals surface area contributed by atoms with Crippen LogP contribution in [0.4, 0.5) is 0 Å². The molecule has 1 aliphatic carbocycles. The molecule has 120 valence electrons. The molecule has 1 rings (SSSR count). The van der Waals surface area contributed by atoms with Gasteiger partial charge in [0.05, 0.1) is 5.92 Å². The van der Waals surface area contributed by atoms with Crippen LogP contribution >= 0.6 is 11.8 Å². The minimum absolute atomic E-state index is 0.00380. The molecule has 0 saturated heterocycles. The van der Waals surface area contributed by atoms with Crippen LogP contribution in [0.3, 0.4) is 0 Å². The van der Waals surface area contributed by atoms with Crippen molar-refractivity contribution in [3.8, 4) is 0 Å². The van der Waals surface area contributed by atoms with Crippen LogP contribution in [0.5, 0.6) is 0 Å². The Morgan fingerprint density at radius 3 is 2.52 bits per heavy atom. The summed E-state index contributed by atoms with van der Waals surface area (Å²) in [6, 6.07) is 0. The highest BCUT2D eigenvalue weighted by Crippen LogP contribution is 2.45. The maximum atomic E-state index is 12.2. The molecule has 1 saturated carbocycles. The van der Waals surface area contributed by atoms with Gasteiger partial charge in [0.25, 0.3) is 0 Å². The minimum atomic E-state index is -0.831. The second kappa shape index (κ2) is 7.45. The quantitative estimate of drug-likeness (QED) is 0.603. The van der Waals surface area contributed by atoms with E-state index in [1.165, 1.54) is 0 Å². The lowest BCUT2D eigenvalue weighted by Gasteiger charge is -2.47. The van der Waals surface area contributed by atoms with Crippen LogP contribution in [0, 0.1) is 11.8 Å². The van der Waals surface area contributed by atoms with Crippen molar-refractivity contribution in [3.05, 3.63) is 12.2 Å². The van der Waals surface area contributed by atoms with Gasteiger partial charge in [-0.2, -0.15) is 11.8 Å². The summed E-state index contributed by atoms with van der Waals surface area (Å²) in [5.74, 6) is -1.14. The van der Waals surface area contributed by atoms with Gasteiger partial charge in [-0.15, -0.1) is 0 Å². The Hall–Kier alpha value is -0.810. The highest BCUT2D eigenvalue weighted by Gasteiger charge is 2.51. The zero-order valence-electron chi connectivity index (χ0n) is 13.3. The Morgan fingerprint density at radius 1 is 1.48 bits per heavy atom. The molecule has 0 aromatic rings. The van der Waals surface area contributed by atoms with Gasteiger partial charge in [-0.25, -0.2) is 4.79 Å². The first kappa shape index (κ1) is 18.2. The van der Waals surface area contributed by atoms with Crippen molar-refractivity contribution in [1.82, 2.24) is 0 Å². The van der Waals surface area contributed by atoms with Gasteiger partial charge in [-0.3, -0.25) is 4.79 Å². The third-order valence-electron chi connectivity index (χ3n) is 4.43. The van der Waals surface area contributed by atoms with Crippen LogP contribution in [0.1, 0.15) is 40.0 Å². The smallest absolute Gasteiger partial charge is 0.333 e. The monoisotopic (exact) mass is 314 g/mol. The molecule has 0 aromatic carbocycles. The molecule has 1 fully saturated rings. The lowest BCUT2D eigenvalue weighted by atomic mass is 9.67. The highest BCUT2D eigenvalue weighted by molar-refractivity contribution is 7.99. The van der Waals surface area contributed by atoms with Crippen molar-refractivity contribution in [2.75, 3.05) is 12.9 Å². The second-order valence-corrected chi connectivity index (χ2v) is 7.23. The second-order valence-electron chi connectivity index (χ2n) is 6.09. The molecule has 0 heterocycles. The summed E-state index contributed by atoms with van der Waals surface area (Å²) in [6.07, 6.45) is 4.21. The topological polar surface area (TPSA) is 63.6 Å². The van der Waals surface area contributed by atoms with Gasteiger partial charge in [0.2, 0.25) is 0 Å². The largest absolute Gasteiger partial charge is 0.455 e. The van der Waals surface area contributed by atoms with E-state index in [9.17, 15) is 14.7 Å². The van der Waals surface area contributed by atoms with Crippen LogP contribution in [0.2, 0.25) is 0 Å². The van der Waals surface area contributed by atoms with Crippen LogP contribution < -0.4 is 0 Å². The molecule has 0 amide bonds. The highest BCUT2D eigenvalue weighted by atomic mass is 32.2. The van der Waals surface area contributed by atoms with Crippen molar-refractivity contribution in [2.24, 2.45) is 11.8 Å². The first-order chi connectivity index (χ1) is 9.78. The van der Waals surface area contributed by atoms with Crippen LogP contribution in [-0.4, -0.2) is 40.6 Å². The molecule has 0 aliphatic heterocycles. The molecule has 1 aliphatic rings. The Kier molecular flexibility index (Phi) is 6.47. The van der Waals surface area contributed by atoms with Crippen LogP contribution in [0.15, 0.2) is 12.2 Å². The summed E-state index contributed by atoms with van der Waals surface area (Å²) in [5.41, 5.74) is -0.501. The summed E-state index contributed by atoms with van der Waals surface area (Å²) in [4.78, 5) is 24.3. The van der Waals surface area contributed by atoms with E-state index in [-0.39, 0.29) is 11.7 Å². The molecule has 0 aromatic heterocycles. The number of esters is 1. The van der Waals surface area contributed by atoms with Crippen LogP contribution in [0.25, 0.3) is 0 Å². The summed E-state index contributed by atoms with van der Waals surface area (Å²) < 4.78 is 5.75. The molecule has 21 heavy (non-hydrogen) atoms. The number of carbonyl (C=O) groups excluding carboxylic acids is 2. The van der Waals surface area contributed by atoms with Crippen LogP contribution in [-0.2, 0) is 14.3 Å². The standard InChI is InChI=1S/C16H26O4S/c1-10(2)15(19)20-16(11(3)4)7-6-12(21-5)8-13(16)14(18)9-17/h11-13,17H,1,6-9H2,2-5H3. The Balaban J connectivity index is 3.15. The van der Waals surface area contributed by atoms with Gasteiger partial charge in [0.1, 0.15) is 12.2 Å². The summed E-state index contributed by atoms with van der Waals surface area (Å²) in [7, 11) is 0. The van der Waals surface area contributed by atoms with Gasteiger partial charge in [0, 0.05) is 10.8 Å². The third kappa shape index (κ3) is 3.89. The lowest BCUT2D eigenvalue weighted by Crippen LogP contribution is -2.54. The number of aliphatic hydroxyl groups is 1. The number of carbonyl (C=O) groups is 2. The maximum Gasteiger partial charge on any atom is 0.333 e. The molecule has 4 nitrogen and oxygen atoms in total. The van der Waals surface area contributed by atoms with Gasteiger partial charge < -0.3 is 9.84 Å². The van der Waals surface area contributed by atoms with Gasteiger partial charge in [-0.1, -0.05) is 20.4 Å². The van der Waals surface area contributed by atoms with E-state index in [1.807, 2.05) is 20.1 Å². The molecule has 0 spiro atoms. The van der Waals surface area contributed by atoms with E-state index in [4.69, 9.17) is 4.74 Å². The maximum absolute atomic E-state index is 12.2. The van der Waals surface area contributed by atoms with E-state index in [0.717, 1.165) is 6.42 Å². The SMILES string of the molecule is C=C(C)C(=O)OC1(C(C)C)CCC(SC)CC1C(=O)CO. The Labute approximate surface area is 131 Å². The van der Waals surface area contributed by atoms with Crippen molar-refractivity contribution in [2.45, 2.75) is 50.9 Å². The third-order valence-corrected chi connectivity index (χ3v) is 5.53. The number of Topliss-reactive ketones (excluding diaryl/α,β-unsaturated/α-hetero) is 1. The molecular weight excluding hydrogens is 288 g/mol. The van der Waals surface area contributed by atoms with Crippen molar-refractivity contribution in [3.63, 3.8) is 0 Å². The minimum Gasteiger partial charge on any atom is -0.455 e. The molecule has 3 unspecified atom stereocenters. The van der Waals surface area contributed by atoms with E-state index in [2.05, 4.69) is 6.58 Å². The summed E-state index contributed by atoms with van der Waals surface area (Å²) >= 11 is 1.72. The fraction of sp³-hybridized carbons (Fsp3) is 0.750. The van der Waals surface area contributed by atoms with Crippen molar-refractivity contribution in [1.29, 1.82) is 0 Å². The van der Waals surface area contributed by atoms with E-state index in [0.29, 0.717) is 23.7 Å². The fourth-order valence-corrected chi connectivity index (χ4v) is 3.80. The average Bonchev–Trinajstić information content (AvgIpc) is 2.46. The Bertz CT molecular complexity index is 419. The molecule has 1 N–H and O–H groups in total. The van der Waals surface area contributed by atoms with Crippen molar-refractivity contribution < 1.29 is 19.4 Å². The molecule has 3 atom stereocenters. The first-order valence-corrected chi connectivity index (χ1v) is 8.62. The molecular formula is C16H26O4S. The number of rotatable bonds is 6. The summed E-state index contributed by atoms with van der Waals surface area (Å²) in [6.45, 7) is 8.64.